The summed E-state index contributed by atoms with van der Waals surface area (Å²) in [5.74, 6) is 1.26. The molecule has 3 rings (SSSR count). The molecule has 2 heterocycles. The van der Waals surface area contributed by atoms with E-state index >= 15 is 0 Å². The molecule has 0 radical (unpaired) electrons. The molecule has 31 heavy (non-hydrogen) atoms. The number of benzene rings is 1. The zero-order chi connectivity index (χ0) is 22.2. The topological polar surface area (TPSA) is 74.2 Å². The molecule has 0 bridgehead atoms. The van der Waals surface area contributed by atoms with Gasteiger partial charge in [0.25, 0.3) is 0 Å². The van der Waals surface area contributed by atoms with Crippen molar-refractivity contribution in [3.8, 4) is 0 Å². The number of piperidine rings is 1. The van der Waals surface area contributed by atoms with Gasteiger partial charge in [0.2, 0.25) is 5.91 Å². The van der Waals surface area contributed by atoms with Crippen LogP contribution in [0.5, 0.6) is 0 Å². The molecular formula is C24H36N4O3. The van der Waals surface area contributed by atoms with E-state index in [0.717, 1.165) is 38.9 Å². The first-order valence-corrected chi connectivity index (χ1v) is 11.4. The number of amides is 1. The van der Waals surface area contributed by atoms with Crippen LogP contribution in [0.15, 0.2) is 35.3 Å². The van der Waals surface area contributed by atoms with Crippen LogP contribution in [0.1, 0.15) is 32.3 Å². The van der Waals surface area contributed by atoms with Crippen LogP contribution in [0.3, 0.4) is 0 Å². The summed E-state index contributed by atoms with van der Waals surface area (Å²) in [6.07, 6.45) is 3.16. The molecule has 7 heteroatoms. The monoisotopic (exact) mass is 428 g/mol. The first-order chi connectivity index (χ1) is 15.0. The van der Waals surface area contributed by atoms with Gasteiger partial charge >= 0.3 is 5.97 Å². The summed E-state index contributed by atoms with van der Waals surface area (Å²) in [6.45, 7) is 7.80. The zero-order valence-electron chi connectivity index (χ0n) is 19.0. The first-order valence-electron chi connectivity index (χ1n) is 11.4. The fraction of sp³-hybridized carbons (Fsp3) is 0.625. The third-order valence-electron chi connectivity index (χ3n) is 6.45. The molecule has 2 unspecified atom stereocenters. The Bertz CT molecular complexity index is 759. The van der Waals surface area contributed by atoms with Gasteiger partial charge in [-0.2, -0.15) is 0 Å². The second kappa shape index (κ2) is 11.2. The molecule has 7 nitrogen and oxygen atoms in total. The van der Waals surface area contributed by atoms with E-state index in [1.165, 1.54) is 12.7 Å². The molecule has 1 amide bonds. The number of likely N-dealkylation sites (tertiary alicyclic amines) is 2. The molecule has 0 aliphatic carbocycles. The summed E-state index contributed by atoms with van der Waals surface area (Å²) < 4.78 is 4.93. The Labute approximate surface area is 185 Å². The van der Waals surface area contributed by atoms with Crippen LogP contribution < -0.4 is 5.32 Å². The predicted molar refractivity (Wildman–Crippen MR) is 122 cm³/mol. The molecule has 1 aromatic rings. The Hall–Kier alpha value is -2.57. The van der Waals surface area contributed by atoms with Gasteiger partial charge < -0.3 is 19.9 Å². The van der Waals surface area contributed by atoms with Crippen LogP contribution in [-0.4, -0.2) is 74.0 Å². The molecule has 2 atom stereocenters. The number of aliphatic imine (C=N–C) groups is 1. The number of guanidine groups is 1. The number of esters is 1. The highest BCUT2D eigenvalue weighted by molar-refractivity contribution is 5.86. The van der Waals surface area contributed by atoms with E-state index in [2.05, 4.69) is 46.4 Å². The smallest absolute Gasteiger partial charge is 0.310 e. The molecular weight excluding hydrogens is 392 g/mol. The Balaban J connectivity index is 1.51. The minimum absolute atomic E-state index is 0.0744. The molecule has 2 aliphatic heterocycles. The van der Waals surface area contributed by atoms with Gasteiger partial charge in [-0.3, -0.25) is 9.59 Å². The highest BCUT2D eigenvalue weighted by Crippen LogP contribution is 2.24. The molecule has 1 N–H and O–H groups in total. The van der Waals surface area contributed by atoms with Gasteiger partial charge in [-0.25, -0.2) is 4.99 Å². The van der Waals surface area contributed by atoms with Gasteiger partial charge in [-0.15, -0.1) is 0 Å². The summed E-state index contributed by atoms with van der Waals surface area (Å²) in [6, 6.07) is 10.6. The van der Waals surface area contributed by atoms with Crippen molar-refractivity contribution in [2.24, 2.45) is 22.7 Å². The van der Waals surface area contributed by atoms with E-state index in [0.29, 0.717) is 25.0 Å². The van der Waals surface area contributed by atoms with Crippen molar-refractivity contribution in [2.45, 2.75) is 33.1 Å². The van der Waals surface area contributed by atoms with Crippen molar-refractivity contribution < 1.29 is 14.3 Å². The lowest BCUT2D eigenvalue weighted by Gasteiger charge is -2.32. The Kier molecular flexibility index (Phi) is 8.32. The maximum atomic E-state index is 12.8. The normalized spacial score (nSPS) is 22.5. The minimum atomic E-state index is -0.180. The van der Waals surface area contributed by atoms with Crippen LogP contribution in [-0.2, 0) is 20.7 Å². The van der Waals surface area contributed by atoms with Crippen molar-refractivity contribution in [3.05, 3.63) is 35.9 Å². The van der Waals surface area contributed by atoms with E-state index in [4.69, 9.17) is 4.74 Å². The van der Waals surface area contributed by atoms with Crippen molar-refractivity contribution in [3.63, 3.8) is 0 Å². The molecule has 170 valence electrons. The van der Waals surface area contributed by atoms with Crippen LogP contribution in [0.4, 0.5) is 0 Å². The summed E-state index contributed by atoms with van der Waals surface area (Å²) in [5, 5.41) is 3.27. The second-order valence-electron chi connectivity index (χ2n) is 8.70. The summed E-state index contributed by atoms with van der Waals surface area (Å²) >= 11 is 0. The lowest BCUT2D eigenvalue weighted by atomic mass is 9.90. The molecule has 2 aliphatic rings. The Morgan fingerprint density at radius 1 is 1.13 bits per heavy atom. The van der Waals surface area contributed by atoms with Gasteiger partial charge in [0.05, 0.1) is 13.0 Å². The largest absolute Gasteiger partial charge is 0.469 e. The average Bonchev–Trinajstić information content (AvgIpc) is 3.18. The van der Waals surface area contributed by atoms with E-state index in [1.54, 1.807) is 0 Å². The number of carbonyl (C=O) groups is 2. The van der Waals surface area contributed by atoms with Crippen LogP contribution in [0, 0.1) is 17.8 Å². The van der Waals surface area contributed by atoms with E-state index in [9.17, 15) is 9.59 Å². The van der Waals surface area contributed by atoms with Gasteiger partial charge in [-0.05, 0) is 43.6 Å². The summed E-state index contributed by atoms with van der Waals surface area (Å²) in [5.41, 5.74) is 1.37. The molecule has 2 fully saturated rings. The molecule has 1 aromatic carbocycles. The third kappa shape index (κ3) is 6.21. The van der Waals surface area contributed by atoms with Crippen LogP contribution in [0.25, 0.3) is 0 Å². The standard InChI is InChI=1S/C24H36N4O3/c1-4-25-24(28-16-18(2)21(17-28)23(30)31-3)26-15-22(29)27-12-10-20(11-13-27)14-19-8-6-5-7-9-19/h5-9,18,20-21H,4,10-17H2,1-3H3,(H,25,26). The van der Waals surface area contributed by atoms with Crippen molar-refractivity contribution >= 4 is 17.8 Å². The van der Waals surface area contributed by atoms with Crippen molar-refractivity contribution in [1.82, 2.24) is 15.1 Å². The molecule has 0 spiro atoms. The lowest BCUT2D eigenvalue weighted by molar-refractivity contribution is -0.146. The lowest BCUT2D eigenvalue weighted by Crippen LogP contribution is -2.43. The van der Waals surface area contributed by atoms with Gasteiger partial charge in [0.15, 0.2) is 5.96 Å². The summed E-state index contributed by atoms with van der Waals surface area (Å²) in [4.78, 5) is 33.4. The van der Waals surface area contributed by atoms with Gasteiger partial charge in [-0.1, -0.05) is 37.3 Å². The molecule has 0 saturated carbocycles. The fourth-order valence-corrected chi connectivity index (χ4v) is 4.60. The third-order valence-corrected chi connectivity index (χ3v) is 6.45. The average molecular weight is 429 g/mol. The number of carbonyl (C=O) groups excluding carboxylic acids is 2. The SMILES string of the molecule is CCNC(=NCC(=O)N1CCC(Cc2ccccc2)CC1)N1CC(C)C(C(=O)OC)C1. The predicted octanol–water partition coefficient (Wildman–Crippen LogP) is 2.17. The van der Waals surface area contributed by atoms with Gasteiger partial charge in [0, 0.05) is 32.7 Å². The summed E-state index contributed by atoms with van der Waals surface area (Å²) in [7, 11) is 1.43. The van der Waals surface area contributed by atoms with E-state index < -0.39 is 0 Å². The fourth-order valence-electron chi connectivity index (χ4n) is 4.60. The second-order valence-corrected chi connectivity index (χ2v) is 8.70. The maximum absolute atomic E-state index is 12.8. The highest BCUT2D eigenvalue weighted by atomic mass is 16.5. The minimum Gasteiger partial charge on any atom is -0.469 e. The van der Waals surface area contributed by atoms with Crippen LogP contribution in [0.2, 0.25) is 0 Å². The van der Waals surface area contributed by atoms with Gasteiger partial charge in [0.1, 0.15) is 6.54 Å². The van der Waals surface area contributed by atoms with E-state index in [1.807, 2.05) is 17.9 Å². The van der Waals surface area contributed by atoms with Crippen molar-refractivity contribution in [2.75, 3.05) is 46.4 Å². The highest BCUT2D eigenvalue weighted by Gasteiger charge is 2.37. The number of nitrogens with zero attached hydrogens (tertiary/aromatic N) is 3. The number of ether oxygens (including phenoxy) is 1. The first kappa shape index (κ1) is 23.1. The van der Waals surface area contributed by atoms with Crippen molar-refractivity contribution in [1.29, 1.82) is 0 Å². The number of rotatable bonds is 6. The van der Waals surface area contributed by atoms with Crippen LogP contribution >= 0.6 is 0 Å². The zero-order valence-corrected chi connectivity index (χ0v) is 19.0. The maximum Gasteiger partial charge on any atom is 0.310 e. The number of hydrogen-bond acceptors (Lipinski definition) is 4. The quantitative estimate of drug-likeness (QED) is 0.427. The Morgan fingerprint density at radius 3 is 2.48 bits per heavy atom. The number of nitrogens with one attached hydrogen (secondary N) is 1. The molecule has 0 aromatic heterocycles. The Morgan fingerprint density at radius 2 is 1.84 bits per heavy atom. The van der Waals surface area contributed by atoms with E-state index in [-0.39, 0.29) is 30.3 Å². The number of hydrogen-bond donors (Lipinski definition) is 1. The molecule has 2 saturated heterocycles. The number of methoxy groups -OCH3 is 1.